The molecule has 0 spiro atoms. The highest BCUT2D eigenvalue weighted by Gasteiger charge is 2.23. The summed E-state index contributed by atoms with van der Waals surface area (Å²) in [7, 11) is 0. The molecule has 0 radical (unpaired) electrons. The van der Waals surface area contributed by atoms with Gasteiger partial charge in [-0.05, 0) is 50.3 Å². The van der Waals surface area contributed by atoms with Crippen LogP contribution in [-0.4, -0.2) is 47.7 Å². The van der Waals surface area contributed by atoms with E-state index >= 15 is 0 Å². The predicted octanol–water partition coefficient (Wildman–Crippen LogP) is 3.91. The van der Waals surface area contributed by atoms with Gasteiger partial charge in [0.1, 0.15) is 12.1 Å². The average Bonchev–Trinajstić information content (AvgIpc) is 2.81. The number of carbonyl (C=O) groups is 4. The van der Waals surface area contributed by atoms with Crippen molar-refractivity contribution in [3.8, 4) is 11.5 Å². The molecule has 2 N–H and O–H groups in total. The summed E-state index contributed by atoms with van der Waals surface area (Å²) in [5.41, 5.74) is 0.566. The van der Waals surface area contributed by atoms with Crippen LogP contribution in [0.25, 0.3) is 0 Å². The molecule has 3 unspecified atom stereocenters. The molecule has 1 aromatic carbocycles. The second kappa shape index (κ2) is 15.1. The molecule has 0 saturated carbocycles. The maximum atomic E-state index is 12.4. The van der Waals surface area contributed by atoms with E-state index in [4.69, 9.17) is 14.2 Å². The third-order valence-corrected chi connectivity index (χ3v) is 5.64. The minimum atomic E-state index is -1.08. The normalized spacial score (nSPS) is 14.3. The average molecular weight is 494 g/mol. The van der Waals surface area contributed by atoms with Crippen molar-refractivity contribution in [1.29, 1.82) is 0 Å². The largest absolute Gasteiger partial charge is 0.480 e. The first-order valence-corrected chi connectivity index (χ1v) is 12.2. The zero-order valence-electron chi connectivity index (χ0n) is 21.6. The number of nitrogens with one attached hydrogen (secondary N) is 1. The molecule has 0 aliphatic carbocycles. The summed E-state index contributed by atoms with van der Waals surface area (Å²) >= 11 is 0. The molecule has 196 valence electrons. The van der Waals surface area contributed by atoms with Gasteiger partial charge in [-0.2, -0.15) is 0 Å². The molecule has 0 heterocycles. The summed E-state index contributed by atoms with van der Waals surface area (Å²) in [6.45, 7) is 10.9. The third-order valence-electron chi connectivity index (χ3n) is 5.64. The molecule has 0 fully saturated rings. The van der Waals surface area contributed by atoms with Crippen molar-refractivity contribution < 1.29 is 38.5 Å². The molecule has 0 aliphatic rings. The Morgan fingerprint density at radius 3 is 2.00 bits per heavy atom. The highest BCUT2D eigenvalue weighted by Crippen LogP contribution is 2.31. The van der Waals surface area contributed by atoms with E-state index in [0.717, 1.165) is 0 Å². The van der Waals surface area contributed by atoms with Crippen molar-refractivity contribution in [2.24, 2.45) is 11.8 Å². The van der Waals surface area contributed by atoms with Crippen LogP contribution in [0, 0.1) is 11.8 Å². The SMILES string of the molecule is CCCC(=O)OC(C)CN[C@@H](Cc1ccc(OC(=O)C(C)CC)c(OC(=O)C(C)CC)c1)C(=O)O. The lowest BCUT2D eigenvalue weighted by Crippen LogP contribution is -2.42. The number of benzene rings is 1. The topological polar surface area (TPSA) is 128 Å². The van der Waals surface area contributed by atoms with E-state index in [1.165, 1.54) is 12.1 Å². The van der Waals surface area contributed by atoms with Gasteiger partial charge in [-0.1, -0.05) is 40.7 Å². The number of aliphatic carboxylic acids is 1. The molecule has 0 aromatic heterocycles. The van der Waals surface area contributed by atoms with Gasteiger partial charge in [-0.15, -0.1) is 0 Å². The van der Waals surface area contributed by atoms with E-state index < -0.39 is 30.1 Å². The highest BCUT2D eigenvalue weighted by atomic mass is 16.6. The predicted molar refractivity (Wildman–Crippen MR) is 130 cm³/mol. The summed E-state index contributed by atoms with van der Waals surface area (Å²) in [6, 6.07) is 3.67. The van der Waals surface area contributed by atoms with E-state index in [2.05, 4.69) is 5.32 Å². The zero-order chi connectivity index (χ0) is 26.5. The molecule has 0 aliphatic heterocycles. The molecule has 0 saturated heterocycles. The van der Waals surface area contributed by atoms with Crippen molar-refractivity contribution in [2.45, 2.75) is 85.8 Å². The van der Waals surface area contributed by atoms with Crippen LogP contribution in [0.4, 0.5) is 0 Å². The summed E-state index contributed by atoms with van der Waals surface area (Å²) in [5.74, 6) is -2.85. The van der Waals surface area contributed by atoms with Gasteiger partial charge in [0.25, 0.3) is 0 Å². The standard InChI is InChI=1S/C26H39NO8/c1-7-10-23(28)33-18(6)15-27-20(24(29)30)13-19-11-12-21(34-25(31)16(4)8-2)22(14-19)35-26(32)17(5)9-3/h11-12,14,16-18,20,27H,7-10,13,15H2,1-6H3,(H,29,30)/t16?,17?,18?,20-/m0/s1. The van der Waals surface area contributed by atoms with Gasteiger partial charge >= 0.3 is 23.9 Å². The Hall–Kier alpha value is -2.94. The second-order valence-corrected chi connectivity index (χ2v) is 8.80. The number of ether oxygens (including phenoxy) is 3. The lowest BCUT2D eigenvalue weighted by atomic mass is 10.0. The monoisotopic (exact) mass is 493 g/mol. The zero-order valence-corrected chi connectivity index (χ0v) is 21.6. The lowest BCUT2D eigenvalue weighted by molar-refractivity contribution is -0.148. The number of hydrogen-bond acceptors (Lipinski definition) is 8. The number of carbonyl (C=O) groups excluding carboxylic acids is 3. The van der Waals surface area contributed by atoms with Crippen LogP contribution in [0.5, 0.6) is 11.5 Å². The molecular weight excluding hydrogens is 454 g/mol. The molecule has 1 aromatic rings. The van der Waals surface area contributed by atoms with Gasteiger partial charge in [0.05, 0.1) is 11.8 Å². The Kier molecular flexibility index (Phi) is 13.0. The van der Waals surface area contributed by atoms with Gasteiger partial charge < -0.3 is 24.6 Å². The summed E-state index contributed by atoms with van der Waals surface area (Å²) in [5, 5.41) is 12.6. The summed E-state index contributed by atoms with van der Waals surface area (Å²) < 4.78 is 16.2. The number of hydrogen-bond donors (Lipinski definition) is 2. The minimum Gasteiger partial charge on any atom is -0.480 e. The molecule has 1 rings (SSSR count). The number of rotatable bonds is 15. The minimum absolute atomic E-state index is 0.0652. The first kappa shape index (κ1) is 30.1. The van der Waals surface area contributed by atoms with Crippen LogP contribution >= 0.6 is 0 Å². The Morgan fingerprint density at radius 1 is 0.914 bits per heavy atom. The summed E-state index contributed by atoms with van der Waals surface area (Å²) in [6.07, 6.45) is 1.72. The first-order chi connectivity index (χ1) is 16.5. The van der Waals surface area contributed by atoms with Crippen LogP contribution < -0.4 is 14.8 Å². The highest BCUT2D eigenvalue weighted by molar-refractivity contribution is 5.78. The van der Waals surface area contributed by atoms with Crippen molar-refractivity contribution in [2.75, 3.05) is 6.54 Å². The van der Waals surface area contributed by atoms with Crippen molar-refractivity contribution >= 4 is 23.9 Å². The second-order valence-electron chi connectivity index (χ2n) is 8.80. The number of carboxylic acids is 1. The van der Waals surface area contributed by atoms with Gasteiger partial charge in [0.2, 0.25) is 0 Å². The Balaban J connectivity index is 3.04. The fourth-order valence-corrected chi connectivity index (χ4v) is 2.91. The van der Waals surface area contributed by atoms with E-state index in [1.54, 1.807) is 26.8 Å². The fraction of sp³-hybridized carbons (Fsp3) is 0.615. The molecule has 9 nitrogen and oxygen atoms in total. The quantitative estimate of drug-likeness (QED) is 0.276. The Morgan fingerprint density at radius 2 is 1.49 bits per heavy atom. The number of carboxylic acid groups (broad SMARTS) is 1. The molecule has 0 amide bonds. The van der Waals surface area contributed by atoms with Crippen molar-refractivity contribution in [3.63, 3.8) is 0 Å². The van der Waals surface area contributed by atoms with E-state index in [0.29, 0.717) is 31.2 Å². The van der Waals surface area contributed by atoms with Gasteiger partial charge in [-0.25, -0.2) is 0 Å². The molecule has 35 heavy (non-hydrogen) atoms. The van der Waals surface area contributed by atoms with Gasteiger partial charge in [0.15, 0.2) is 11.5 Å². The smallest absolute Gasteiger partial charge is 0.321 e. The van der Waals surface area contributed by atoms with Gasteiger partial charge in [-0.3, -0.25) is 19.2 Å². The van der Waals surface area contributed by atoms with Gasteiger partial charge in [0, 0.05) is 13.0 Å². The van der Waals surface area contributed by atoms with E-state index in [-0.39, 0.29) is 42.3 Å². The van der Waals surface area contributed by atoms with Crippen LogP contribution in [-0.2, 0) is 30.3 Å². The van der Waals surface area contributed by atoms with Crippen molar-refractivity contribution in [3.05, 3.63) is 23.8 Å². The fourth-order valence-electron chi connectivity index (χ4n) is 2.91. The van der Waals surface area contributed by atoms with E-state index in [9.17, 15) is 24.3 Å². The molecule has 4 atom stereocenters. The Bertz CT molecular complexity index is 869. The Labute approximate surface area is 207 Å². The van der Waals surface area contributed by atoms with Crippen molar-refractivity contribution in [1.82, 2.24) is 5.32 Å². The maximum Gasteiger partial charge on any atom is 0.321 e. The maximum absolute atomic E-state index is 12.4. The molecule has 0 bridgehead atoms. The third kappa shape index (κ3) is 10.5. The first-order valence-electron chi connectivity index (χ1n) is 12.2. The summed E-state index contributed by atoms with van der Waals surface area (Å²) in [4.78, 5) is 48.2. The van der Waals surface area contributed by atoms with Crippen LogP contribution in [0.3, 0.4) is 0 Å². The molecular formula is C26H39NO8. The lowest BCUT2D eigenvalue weighted by Gasteiger charge is -2.20. The van der Waals surface area contributed by atoms with E-state index in [1.807, 2.05) is 20.8 Å². The van der Waals surface area contributed by atoms with Crippen LogP contribution in [0.1, 0.15) is 72.8 Å². The number of esters is 3. The van der Waals surface area contributed by atoms with Crippen LogP contribution in [0.15, 0.2) is 18.2 Å². The molecule has 9 heteroatoms. The van der Waals surface area contributed by atoms with Crippen LogP contribution in [0.2, 0.25) is 0 Å².